The molecule has 0 radical (unpaired) electrons. The molecule has 1 aliphatic heterocycles. The quantitative estimate of drug-likeness (QED) is 0.789. The molecule has 0 amide bonds. The van der Waals surface area contributed by atoms with Crippen molar-refractivity contribution in [2.75, 3.05) is 26.2 Å². The van der Waals surface area contributed by atoms with Gasteiger partial charge in [-0.3, -0.25) is 0 Å². The van der Waals surface area contributed by atoms with Gasteiger partial charge in [0.25, 0.3) is 0 Å². The highest BCUT2D eigenvalue weighted by molar-refractivity contribution is 7.89. The molecule has 0 atom stereocenters. The Labute approximate surface area is 146 Å². The lowest BCUT2D eigenvalue weighted by Crippen LogP contribution is -2.49. The van der Waals surface area contributed by atoms with E-state index >= 15 is 0 Å². The van der Waals surface area contributed by atoms with Crippen LogP contribution >= 0.6 is 11.3 Å². The Morgan fingerprint density at radius 2 is 1.80 bits per heavy atom. The molecule has 25 heavy (non-hydrogen) atoms. The number of hydrogen-bond acceptors (Lipinski definition) is 7. The Morgan fingerprint density at radius 3 is 2.36 bits per heavy atom. The Balaban J connectivity index is 1.67. The van der Waals surface area contributed by atoms with Crippen LogP contribution in [0.4, 0.5) is 8.78 Å². The first-order valence-electron chi connectivity index (χ1n) is 7.19. The Morgan fingerprint density at radius 1 is 1.16 bits per heavy atom. The van der Waals surface area contributed by atoms with E-state index in [0.29, 0.717) is 0 Å². The van der Waals surface area contributed by atoms with Gasteiger partial charge in [-0.2, -0.15) is 4.31 Å². The molecule has 0 saturated carbocycles. The van der Waals surface area contributed by atoms with E-state index in [1.54, 1.807) is 0 Å². The van der Waals surface area contributed by atoms with Gasteiger partial charge in [0.2, 0.25) is 10.0 Å². The van der Waals surface area contributed by atoms with Crippen molar-refractivity contribution in [1.82, 2.24) is 14.4 Å². The number of carbonyl (C=O) groups excluding carboxylic acids is 1. The number of hydrogen-bond donors (Lipinski definition) is 0. The maximum Gasteiger partial charge on any atom is 0.376 e. The topological polar surface area (TPSA) is 79.8 Å². The molecule has 0 spiro atoms. The molecule has 2 aromatic rings. The average molecular weight is 389 g/mol. The van der Waals surface area contributed by atoms with Crippen molar-refractivity contribution >= 4 is 27.3 Å². The highest BCUT2D eigenvalue weighted by Gasteiger charge is 2.34. The largest absolute Gasteiger partial charge is 0.376 e. The molecule has 1 saturated heterocycles. The fourth-order valence-electron chi connectivity index (χ4n) is 2.34. The van der Waals surface area contributed by atoms with Crippen molar-refractivity contribution in [2.24, 2.45) is 0 Å². The van der Waals surface area contributed by atoms with Gasteiger partial charge in [-0.1, -0.05) is 6.07 Å². The van der Waals surface area contributed by atoms with Crippen LogP contribution in [-0.2, 0) is 14.9 Å². The Hall–Kier alpha value is -1.95. The van der Waals surface area contributed by atoms with Gasteiger partial charge in [0.05, 0.1) is 5.51 Å². The lowest BCUT2D eigenvalue weighted by atomic mass is 10.3. The lowest BCUT2D eigenvalue weighted by molar-refractivity contribution is -0.123. The number of benzene rings is 1. The molecule has 0 N–H and O–H groups in total. The number of thiazole rings is 1. The van der Waals surface area contributed by atoms with Crippen LogP contribution in [0.15, 0.2) is 34.0 Å². The standard InChI is InChI=1S/C14H13F2N3O4S2/c15-10-2-1-3-11(16)13(10)25(21,22)19-6-4-18(5-7-19)23-14(20)12-8-24-9-17-12/h1-3,8-9H,4-7H2. The summed E-state index contributed by atoms with van der Waals surface area (Å²) < 4.78 is 53.4. The molecule has 134 valence electrons. The summed E-state index contributed by atoms with van der Waals surface area (Å²) in [6.07, 6.45) is 0. The van der Waals surface area contributed by atoms with E-state index in [2.05, 4.69) is 4.98 Å². The van der Waals surface area contributed by atoms with Gasteiger partial charge in [0, 0.05) is 31.6 Å². The highest BCUT2D eigenvalue weighted by atomic mass is 32.2. The Kier molecular flexibility index (Phi) is 5.08. The molecule has 0 unspecified atom stereocenters. The second kappa shape index (κ2) is 7.12. The monoisotopic (exact) mass is 389 g/mol. The number of halogens is 2. The maximum absolute atomic E-state index is 13.8. The number of hydroxylamine groups is 2. The van der Waals surface area contributed by atoms with Crippen LogP contribution in [0, 0.1) is 11.6 Å². The molecule has 0 bridgehead atoms. The highest BCUT2D eigenvalue weighted by Crippen LogP contribution is 2.23. The van der Waals surface area contributed by atoms with Crippen LogP contribution in [0.2, 0.25) is 0 Å². The first kappa shape index (κ1) is 17.9. The summed E-state index contributed by atoms with van der Waals surface area (Å²) in [6, 6.07) is 2.88. The maximum atomic E-state index is 13.8. The van der Waals surface area contributed by atoms with Gasteiger partial charge in [0.1, 0.15) is 11.6 Å². The van der Waals surface area contributed by atoms with Crippen LogP contribution in [-0.4, -0.2) is 54.9 Å². The van der Waals surface area contributed by atoms with Gasteiger partial charge in [-0.15, -0.1) is 16.4 Å². The van der Waals surface area contributed by atoms with E-state index in [1.165, 1.54) is 27.3 Å². The zero-order valence-electron chi connectivity index (χ0n) is 12.8. The predicted octanol–water partition coefficient (Wildman–Crippen LogP) is 1.50. The first-order valence-corrected chi connectivity index (χ1v) is 9.57. The van der Waals surface area contributed by atoms with Crippen LogP contribution in [0.3, 0.4) is 0 Å². The second-order valence-corrected chi connectivity index (χ2v) is 7.73. The molecule has 3 rings (SSSR count). The first-order chi connectivity index (χ1) is 11.9. The van der Waals surface area contributed by atoms with Crippen molar-refractivity contribution in [2.45, 2.75) is 4.90 Å². The van der Waals surface area contributed by atoms with E-state index < -0.39 is 32.5 Å². The molecule has 11 heteroatoms. The summed E-state index contributed by atoms with van der Waals surface area (Å²) in [5.74, 6) is -2.92. The van der Waals surface area contributed by atoms with Gasteiger partial charge < -0.3 is 4.84 Å². The smallest absolute Gasteiger partial charge is 0.363 e. The molecule has 1 aromatic heterocycles. The molecule has 1 aliphatic rings. The van der Waals surface area contributed by atoms with E-state index in [9.17, 15) is 22.0 Å². The summed E-state index contributed by atoms with van der Waals surface area (Å²) in [5.41, 5.74) is 1.65. The molecule has 7 nitrogen and oxygen atoms in total. The fraction of sp³-hybridized carbons (Fsp3) is 0.286. The summed E-state index contributed by atoms with van der Waals surface area (Å²) >= 11 is 1.24. The van der Waals surface area contributed by atoms with E-state index in [-0.39, 0.29) is 31.9 Å². The zero-order chi connectivity index (χ0) is 18.0. The normalized spacial score (nSPS) is 16.7. The summed E-state index contributed by atoms with van der Waals surface area (Å²) in [7, 11) is -4.31. The number of rotatable bonds is 4. The van der Waals surface area contributed by atoms with Crippen LogP contribution in [0.1, 0.15) is 10.5 Å². The van der Waals surface area contributed by atoms with E-state index in [1.807, 2.05) is 0 Å². The molecule has 0 aliphatic carbocycles. The summed E-state index contributed by atoms with van der Waals surface area (Å²) in [6.45, 7) is 0.0112. The number of aromatic nitrogens is 1. The van der Waals surface area contributed by atoms with Crippen LogP contribution in [0.5, 0.6) is 0 Å². The van der Waals surface area contributed by atoms with E-state index in [4.69, 9.17) is 4.84 Å². The average Bonchev–Trinajstić information content (AvgIpc) is 3.09. The molecule has 1 aromatic carbocycles. The molecule has 1 fully saturated rings. The minimum Gasteiger partial charge on any atom is -0.363 e. The van der Waals surface area contributed by atoms with Crippen molar-refractivity contribution in [3.8, 4) is 0 Å². The number of carbonyl (C=O) groups is 1. The van der Waals surface area contributed by atoms with Crippen molar-refractivity contribution in [3.63, 3.8) is 0 Å². The zero-order valence-corrected chi connectivity index (χ0v) is 14.4. The van der Waals surface area contributed by atoms with Gasteiger partial charge in [-0.05, 0) is 12.1 Å². The SMILES string of the molecule is O=C(ON1CCN(S(=O)(=O)c2c(F)cccc2F)CC1)c1cscn1. The van der Waals surface area contributed by atoms with Gasteiger partial charge in [0.15, 0.2) is 10.6 Å². The number of sulfonamides is 1. The summed E-state index contributed by atoms with van der Waals surface area (Å²) in [4.78, 5) is 19.8. The van der Waals surface area contributed by atoms with Gasteiger partial charge in [-0.25, -0.2) is 27.0 Å². The number of piperazine rings is 1. The van der Waals surface area contributed by atoms with Crippen molar-refractivity contribution in [1.29, 1.82) is 0 Å². The predicted molar refractivity (Wildman–Crippen MR) is 84.2 cm³/mol. The molecule has 2 heterocycles. The van der Waals surface area contributed by atoms with E-state index in [0.717, 1.165) is 22.5 Å². The number of nitrogens with zero attached hydrogens (tertiary/aromatic N) is 3. The minimum atomic E-state index is -4.31. The van der Waals surface area contributed by atoms with Crippen molar-refractivity contribution < 1.29 is 26.8 Å². The fourth-order valence-corrected chi connectivity index (χ4v) is 4.39. The van der Waals surface area contributed by atoms with Crippen molar-refractivity contribution in [3.05, 3.63) is 46.4 Å². The van der Waals surface area contributed by atoms with Gasteiger partial charge >= 0.3 is 5.97 Å². The van der Waals surface area contributed by atoms with Crippen LogP contribution < -0.4 is 0 Å². The minimum absolute atomic E-state index is 0.0690. The molecular weight excluding hydrogens is 376 g/mol. The lowest BCUT2D eigenvalue weighted by Gasteiger charge is -2.32. The summed E-state index contributed by atoms with van der Waals surface area (Å²) in [5, 5.41) is 2.83. The third kappa shape index (κ3) is 3.68. The molecular formula is C14H13F2N3O4S2. The Bertz CT molecular complexity index is 846. The second-order valence-electron chi connectivity index (χ2n) is 5.14. The third-order valence-corrected chi connectivity index (χ3v) is 6.11. The third-order valence-electron chi connectivity index (χ3n) is 3.57. The van der Waals surface area contributed by atoms with Crippen LogP contribution in [0.25, 0.3) is 0 Å².